The molecule has 7 nitrogen and oxygen atoms in total. The molecule has 2 heterocycles. The Balaban J connectivity index is 1.54. The summed E-state index contributed by atoms with van der Waals surface area (Å²) >= 11 is 1.46. The zero-order valence-electron chi connectivity index (χ0n) is 14.0. The highest BCUT2D eigenvalue weighted by Gasteiger charge is 2.19. The smallest absolute Gasteiger partial charge is 0.312 e. The number of carbonyl (C=O) groups excluding carboxylic acids is 2. The number of nitrogens with zero attached hydrogens (tertiary/aromatic N) is 3. The van der Waals surface area contributed by atoms with Gasteiger partial charge in [0.15, 0.2) is 6.10 Å². The van der Waals surface area contributed by atoms with Crippen molar-refractivity contribution < 1.29 is 14.3 Å². The highest BCUT2D eigenvalue weighted by atomic mass is 32.1. The average Bonchev–Trinajstić information content (AvgIpc) is 3.11. The van der Waals surface area contributed by atoms with E-state index in [1.165, 1.54) is 30.7 Å². The maximum atomic E-state index is 12.1. The molecule has 0 aliphatic carbocycles. The Morgan fingerprint density at radius 2 is 1.88 bits per heavy atom. The first-order chi connectivity index (χ1) is 12.6. The molecule has 1 amide bonds. The molecular weight excluding hydrogens is 352 g/mol. The molecule has 0 aliphatic rings. The lowest BCUT2D eigenvalue weighted by atomic mass is 10.2. The van der Waals surface area contributed by atoms with E-state index in [0.717, 1.165) is 10.6 Å². The minimum atomic E-state index is -0.960. The van der Waals surface area contributed by atoms with Crippen molar-refractivity contribution in [3.63, 3.8) is 0 Å². The number of hydrogen-bond acceptors (Lipinski definition) is 7. The number of ether oxygens (including phenoxy) is 1. The summed E-state index contributed by atoms with van der Waals surface area (Å²) < 4.78 is 5.16. The van der Waals surface area contributed by atoms with Gasteiger partial charge in [0.05, 0.1) is 12.1 Å². The normalized spacial score (nSPS) is 11.6. The van der Waals surface area contributed by atoms with Crippen LogP contribution >= 0.6 is 11.3 Å². The fraction of sp³-hybridized carbons (Fsp3) is 0.167. The summed E-state index contributed by atoms with van der Waals surface area (Å²) in [5, 5.41) is 5.13. The van der Waals surface area contributed by atoms with Crippen molar-refractivity contribution in [2.75, 3.05) is 5.32 Å². The van der Waals surface area contributed by atoms with Gasteiger partial charge in [-0.25, -0.2) is 15.0 Å². The summed E-state index contributed by atoms with van der Waals surface area (Å²) in [6.45, 7) is 1.49. The maximum absolute atomic E-state index is 12.1. The largest absolute Gasteiger partial charge is 0.452 e. The van der Waals surface area contributed by atoms with Crippen molar-refractivity contribution in [1.82, 2.24) is 15.0 Å². The second kappa shape index (κ2) is 8.30. The van der Waals surface area contributed by atoms with Crippen LogP contribution in [0.4, 0.5) is 5.95 Å². The maximum Gasteiger partial charge on any atom is 0.312 e. The van der Waals surface area contributed by atoms with E-state index < -0.39 is 18.0 Å². The van der Waals surface area contributed by atoms with E-state index in [0.29, 0.717) is 5.69 Å². The van der Waals surface area contributed by atoms with Crippen molar-refractivity contribution in [1.29, 1.82) is 0 Å². The van der Waals surface area contributed by atoms with Crippen LogP contribution in [-0.4, -0.2) is 32.9 Å². The second-order valence-corrected chi connectivity index (χ2v) is 6.24. The third-order valence-electron chi connectivity index (χ3n) is 3.38. The lowest BCUT2D eigenvalue weighted by Crippen LogP contribution is -2.31. The molecule has 3 rings (SSSR count). The minimum Gasteiger partial charge on any atom is -0.452 e. The van der Waals surface area contributed by atoms with Crippen LogP contribution in [-0.2, 0) is 20.7 Å². The standard InChI is InChI=1S/C18H16N4O3S/c1-12(16(24)22-18-19-8-5-9-20-18)25-15(23)10-14-11-26-17(21-14)13-6-3-2-4-7-13/h2-9,11-12H,10H2,1H3,(H,19,20,22,24). The molecule has 2 aromatic heterocycles. The molecule has 26 heavy (non-hydrogen) atoms. The molecule has 1 atom stereocenters. The van der Waals surface area contributed by atoms with Crippen molar-refractivity contribution in [3.8, 4) is 10.6 Å². The molecule has 0 fully saturated rings. The first kappa shape index (κ1) is 17.7. The molecule has 0 saturated heterocycles. The summed E-state index contributed by atoms with van der Waals surface area (Å²) in [7, 11) is 0. The Bertz CT molecular complexity index is 884. The molecule has 1 aromatic carbocycles. The van der Waals surface area contributed by atoms with Crippen LogP contribution in [0.3, 0.4) is 0 Å². The predicted octanol–water partition coefficient (Wildman–Crippen LogP) is 2.71. The molecule has 8 heteroatoms. The van der Waals surface area contributed by atoms with Crippen LogP contribution in [0, 0.1) is 0 Å². The van der Waals surface area contributed by atoms with Gasteiger partial charge in [0.1, 0.15) is 5.01 Å². The Labute approximate surface area is 154 Å². The van der Waals surface area contributed by atoms with Gasteiger partial charge in [0.25, 0.3) is 5.91 Å². The van der Waals surface area contributed by atoms with Gasteiger partial charge in [-0.2, -0.15) is 0 Å². The molecule has 0 radical (unpaired) electrons. The van der Waals surface area contributed by atoms with E-state index in [1.54, 1.807) is 6.07 Å². The average molecular weight is 368 g/mol. The van der Waals surface area contributed by atoms with Crippen molar-refractivity contribution in [2.24, 2.45) is 0 Å². The van der Waals surface area contributed by atoms with Crippen LogP contribution in [0.5, 0.6) is 0 Å². The topological polar surface area (TPSA) is 94.1 Å². The molecule has 3 aromatic rings. The number of hydrogen-bond donors (Lipinski definition) is 1. The Hall–Kier alpha value is -3.13. The fourth-order valence-electron chi connectivity index (χ4n) is 2.12. The van der Waals surface area contributed by atoms with Crippen molar-refractivity contribution in [2.45, 2.75) is 19.4 Å². The molecule has 0 saturated carbocycles. The predicted molar refractivity (Wildman–Crippen MR) is 97.5 cm³/mol. The number of carbonyl (C=O) groups is 2. The third kappa shape index (κ3) is 4.70. The lowest BCUT2D eigenvalue weighted by molar-refractivity contribution is -0.152. The molecule has 0 aliphatic heterocycles. The van der Waals surface area contributed by atoms with E-state index in [1.807, 2.05) is 35.7 Å². The van der Waals surface area contributed by atoms with Gasteiger partial charge in [-0.3, -0.25) is 14.9 Å². The molecular formula is C18H16N4O3S. The van der Waals surface area contributed by atoms with Gasteiger partial charge in [-0.15, -0.1) is 11.3 Å². The van der Waals surface area contributed by atoms with E-state index in [2.05, 4.69) is 20.3 Å². The highest BCUT2D eigenvalue weighted by molar-refractivity contribution is 7.13. The first-order valence-electron chi connectivity index (χ1n) is 7.89. The SMILES string of the molecule is CC(OC(=O)Cc1csc(-c2ccccc2)n1)C(=O)Nc1ncccn1. The molecule has 1 unspecified atom stereocenters. The van der Waals surface area contributed by atoms with Crippen LogP contribution in [0.2, 0.25) is 0 Å². The quantitative estimate of drug-likeness (QED) is 0.672. The van der Waals surface area contributed by atoms with Gasteiger partial charge in [0, 0.05) is 23.3 Å². The number of amides is 1. The van der Waals surface area contributed by atoms with Crippen molar-refractivity contribution in [3.05, 3.63) is 59.9 Å². The van der Waals surface area contributed by atoms with Crippen LogP contribution in [0.25, 0.3) is 10.6 Å². The monoisotopic (exact) mass is 368 g/mol. The third-order valence-corrected chi connectivity index (χ3v) is 4.32. The van der Waals surface area contributed by atoms with Gasteiger partial charge < -0.3 is 4.74 Å². The molecule has 132 valence electrons. The Morgan fingerprint density at radius 3 is 2.62 bits per heavy atom. The zero-order chi connectivity index (χ0) is 18.4. The van der Waals surface area contributed by atoms with Gasteiger partial charge in [0.2, 0.25) is 5.95 Å². The highest BCUT2D eigenvalue weighted by Crippen LogP contribution is 2.23. The van der Waals surface area contributed by atoms with Crippen molar-refractivity contribution >= 4 is 29.2 Å². The first-order valence-corrected chi connectivity index (χ1v) is 8.77. The Morgan fingerprint density at radius 1 is 1.15 bits per heavy atom. The fourth-order valence-corrected chi connectivity index (χ4v) is 2.94. The van der Waals surface area contributed by atoms with Crippen LogP contribution in [0.15, 0.2) is 54.2 Å². The minimum absolute atomic E-state index is 0.00277. The zero-order valence-corrected chi connectivity index (χ0v) is 14.8. The number of aromatic nitrogens is 3. The van der Waals surface area contributed by atoms with Gasteiger partial charge in [-0.05, 0) is 13.0 Å². The molecule has 0 spiro atoms. The number of anilines is 1. The number of nitrogens with one attached hydrogen (secondary N) is 1. The van der Waals surface area contributed by atoms with E-state index >= 15 is 0 Å². The summed E-state index contributed by atoms with van der Waals surface area (Å²) in [5.74, 6) is -0.855. The number of rotatable bonds is 6. The second-order valence-electron chi connectivity index (χ2n) is 5.38. The number of thiazole rings is 1. The number of esters is 1. The lowest BCUT2D eigenvalue weighted by Gasteiger charge is -2.12. The molecule has 0 bridgehead atoms. The van der Waals surface area contributed by atoms with E-state index in [4.69, 9.17) is 4.74 Å². The van der Waals surface area contributed by atoms with E-state index in [-0.39, 0.29) is 12.4 Å². The number of benzene rings is 1. The molecule has 1 N–H and O–H groups in total. The van der Waals surface area contributed by atoms with Crippen LogP contribution < -0.4 is 5.32 Å². The summed E-state index contributed by atoms with van der Waals surface area (Å²) in [6, 6.07) is 11.3. The van der Waals surface area contributed by atoms with Crippen LogP contribution in [0.1, 0.15) is 12.6 Å². The van der Waals surface area contributed by atoms with Gasteiger partial charge >= 0.3 is 5.97 Å². The summed E-state index contributed by atoms with van der Waals surface area (Å²) in [4.78, 5) is 36.3. The van der Waals surface area contributed by atoms with Gasteiger partial charge in [-0.1, -0.05) is 30.3 Å². The summed E-state index contributed by atoms with van der Waals surface area (Å²) in [5.41, 5.74) is 1.60. The van der Waals surface area contributed by atoms with E-state index in [9.17, 15) is 9.59 Å². The summed E-state index contributed by atoms with van der Waals surface area (Å²) in [6.07, 6.45) is 2.05. The Kier molecular flexibility index (Phi) is 5.65.